The zero-order valence-electron chi connectivity index (χ0n) is 8.52. The van der Waals surface area contributed by atoms with Crippen molar-refractivity contribution in [2.75, 3.05) is 19.6 Å². The lowest BCUT2D eigenvalue weighted by atomic mass is 10.2. The second kappa shape index (κ2) is 5.00. The smallest absolute Gasteiger partial charge is 0.218 e. The lowest BCUT2D eigenvalue weighted by molar-refractivity contribution is 0.193. The van der Waals surface area contributed by atoms with E-state index in [0.29, 0.717) is 6.54 Å². The zero-order valence-corrected chi connectivity index (χ0v) is 8.52. The van der Waals surface area contributed by atoms with Crippen LogP contribution in [0.4, 0.5) is 0 Å². The number of aromatic nitrogens is 1. The monoisotopic (exact) mass is 204 g/mol. The molecule has 1 saturated heterocycles. The van der Waals surface area contributed by atoms with Crippen molar-refractivity contribution in [1.29, 1.82) is 0 Å². The molecule has 1 N–H and O–H groups in total. The first-order chi connectivity index (χ1) is 7.40. The second-order valence-electron chi connectivity index (χ2n) is 3.67. The maximum atomic E-state index is 10.7. The summed E-state index contributed by atoms with van der Waals surface area (Å²) in [5, 5.41) is 3.18. The number of nitrogens with one attached hydrogen (secondary N) is 1. The molecule has 0 saturated carbocycles. The fourth-order valence-corrected chi connectivity index (χ4v) is 1.78. The van der Waals surface area contributed by atoms with Gasteiger partial charge in [-0.2, -0.15) is 0 Å². The first kappa shape index (κ1) is 10.3. The molecule has 0 aromatic carbocycles. The Kier molecular flexibility index (Phi) is 3.42. The van der Waals surface area contributed by atoms with Gasteiger partial charge in [-0.25, -0.2) is 0 Å². The van der Waals surface area contributed by atoms with Crippen molar-refractivity contribution in [3.63, 3.8) is 0 Å². The molecule has 4 heteroatoms. The average molecular weight is 204 g/mol. The Balaban J connectivity index is 2.00. The van der Waals surface area contributed by atoms with Crippen molar-refractivity contribution in [3.8, 4) is 0 Å². The minimum absolute atomic E-state index is 0.126. The third-order valence-electron chi connectivity index (χ3n) is 2.60. The molecule has 0 bridgehead atoms. The van der Waals surface area contributed by atoms with Crippen molar-refractivity contribution < 1.29 is 4.79 Å². The van der Waals surface area contributed by atoms with Crippen molar-refractivity contribution in [2.45, 2.75) is 12.6 Å². The molecule has 1 radical (unpaired) electrons. The van der Waals surface area contributed by atoms with Crippen LogP contribution in [0.15, 0.2) is 24.5 Å². The standard InChI is InChI=1S/C11H14N3O/c15-9-11-7-13-4-5-14(11)8-10-2-1-3-12-6-10/h1-3,6,11,13H,4-5,7-8H2. The van der Waals surface area contributed by atoms with E-state index in [2.05, 4.69) is 21.5 Å². The van der Waals surface area contributed by atoms with E-state index in [1.165, 1.54) is 0 Å². The van der Waals surface area contributed by atoms with Crippen LogP contribution < -0.4 is 5.32 Å². The van der Waals surface area contributed by atoms with Gasteiger partial charge in [0.25, 0.3) is 0 Å². The van der Waals surface area contributed by atoms with Gasteiger partial charge in [-0.1, -0.05) is 6.07 Å². The third kappa shape index (κ3) is 2.61. The van der Waals surface area contributed by atoms with Crippen LogP contribution in [0.5, 0.6) is 0 Å². The van der Waals surface area contributed by atoms with Gasteiger partial charge >= 0.3 is 0 Å². The highest BCUT2D eigenvalue weighted by Crippen LogP contribution is 2.07. The van der Waals surface area contributed by atoms with Crippen molar-refractivity contribution in [2.24, 2.45) is 0 Å². The van der Waals surface area contributed by atoms with Crippen LogP contribution in [-0.2, 0) is 11.3 Å². The van der Waals surface area contributed by atoms with Gasteiger partial charge in [0.1, 0.15) is 0 Å². The van der Waals surface area contributed by atoms with Crippen LogP contribution in [0.1, 0.15) is 5.56 Å². The molecule has 0 amide bonds. The van der Waals surface area contributed by atoms with Crippen molar-refractivity contribution >= 4 is 6.29 Å². The van der Waals surface area contributed by atoms with Crippen LogP contribution in [0.2, 0.25) is 0 Å². The van der Waals surface area contributed by atoms with Crippen LogP contribution in [-0.4, -0.2) is 41.8 Å². The predicted octanol–water partition coefficient (Wildman–Crippen LogP) is -0.0349. The average Bonchev–Trinajstić information content (AvgIpc) is 2.31. The van der Waals surface area contributed by atoms with Crippen molar-refractivity contribution in [3.05, 3.63) is 30.1 Å². The molecule has 1 aliphatic heterocycles. The number of piperazine rings is 1. The summed E-state index contributed by atoms with van der Waals surface area (Å²) in [4.78, 5) is 16.9. The highest BCUT2D eigenvalue weighted by atomic mass is 16.1. The van der Waals surface area contributed by atoms with Gasteiger partial charge in [0.2, 0.25) is 6.29 Å². The summed E-state index contributed by atoms with van der Waals surface area (Å²) in [6.45, 7) is 3.28. The normalized spacial score (nSPS) is 22.5. The molecule has 79 valence electrons. The fraction of sp³-hybridized carbons (Fsp3) is 0.455. The minimum atomic E-state index is -0.126. The topological polar surface area (TPSA) is 45.2 Å². The first-order valence-corrected chi connectivity index (χ1v) is 5.11. The van der Waals surface area contributed by atoms with E-state index in [4.69, 9.17) is 0 Å². The number of nitrogens with zero attached hydrogens (tertiary/aromatic N) is 2. The lowest BCUT2D eigenvalue weighted by Gasteiger charge is -2.32. The summed E-state index contributed by atoms with van der Waals surface area (Å²) in [7, 11) is 0. The summed E-state index contributed by atoms with van der Waals surface area (Å²) in [6.07, 6.45) is 5.66. The highest BCUT2D eigenvalue weighted by molar-refractivity contribution is 5.59. The van der Waals surface area contributed by atoms with E-state index in [1.807, 2.05) is 18.3 Å². The van der Waals surface area contributed by atoms with E-state index < -0.39 is 0 Å². The van der Waals surface area contributed by atoms with E-state index in [0.717, 1.165) is 25.2 Å². The predicted molar refractivity (Wildman–Crippen MR) is 57.0 cm³/mol. The van der Waals surface area contributed by atoms with Crippen LogP contribution in [0.3, 0.4) is 0 Å². The molecule has 1 atom stereocenters. The van der Waals surface area contributed by atoms with Gasteiger partial charge in [0.05, 0.1) is 6.04 Å². The molecule has 1 aliphatic rings. The summed E-state index contributed by atoms with van der Waals surface area (Å²) < 4.78 is 0. The fourth-order valence-electron chi connectivity index (χ4n) is 1.78. The van der Waals surface area contributed by atoms with Gasteiger partial charge in [0, 0.05) is 38.6 Å². The first-order valence-electron chi connectivity index (χ1n) is 5.11. The maximum Gasteiger partial charge on any atom is 0.218 e. The van der Waals surface area contributed by atoms with E-state index in [1.54, 1.807) is 6.20 Å². The lowest BCUT2D eigenvalue weighted by Crippen LogP contribution is -2.51. The largest absolute Gasteiger partial charge is 0.313 e. The number of carbonyl (C=O) groups excluding carboxylic acids is 1. The summed E-state index contributed by atoms with van der Waals surface area (Å²) in [6, 6.07) is 3.81. The molecule has 15 heavy (non-hydrogen) atoms. The second-order valence-corrected chi connectivity index (χ2v) is 3.67. The Bertz CT molecular complexity index is 315. The summed E-state index contributed by atoms with van der Waals surface area (Å²) in [5.74, 6) is 0. The van der Waals surface area contributed by atoms with E-state index in [-0.39, 0.29) is 6.04 Å². The van der Waals surface area contributed by atoms with E-state index in [9.17, 15) is 4.79 Å². The molecule has 1 fully saturated rings. The molecule has 1 aromatic heterocycles. The van der Waals surface area contributed by atoms with Crippen molar-refractivity contribution in [1.82, 2.24) is 15.2 Å². The van der Waals surface area contributed by atoms with Gasteiger partial charge in [-0.15, -0.1) is 0 Å². The van der Waals surface area contributed by atoms with Crippen LogP contribution in [0, 0.1) is 0 Å². The zero-order chi connectivity index (χ0) is 10.5. The SMILES string of the molecule is O=[C]C1CNCCN1Cc1cccnc1. The van der Waals surface area contributed by atoms with Crippen LogP contribution in [0.25, 0.3) is 0 Å². The molecule has 1 unspecified atom stereocenters. The minimum Gasteiger partial charge on any atom is -0.313 e. The molecular weight excluding hydrogens is 190 g/mol. The maximum absolute atomic E-state index is 10.7. The summed E-state index contributed by atoms with van der Waals surface area (Å²) >= 11 is 0. The molecule has 1 aromatic rings. The third-order valence-corrected chi connectivity index (χ3v) is 2.60. The molecule has 0 aliphatic carbocycles. The summed E-state index contributed by atoms with van der Waals surface area (Å²) in [5.41, 5.74) is 1.14. The number of pyridine rings is 1. The molecule has 4 nitrogen and oxygen atoms in total. The molecule has 2 heterocycles. The van der Waals surface area contributed by atoms with Gasteiger partial charge < -0.3 is 5.32 Å². The quantitative estimate of drug-likeness (QED) is 0.750. The van der Waals surface area contributed by atoms with E-state index >= 15 is 0 Å². The highest BCUT2D eigenvalue weighted by Gasteiger charge is 2.21. The van der Waals surface area contributed by atoms with Gasteiger partial charge in [-0.05, 0) is 11.6 Å². The van der Waals surface area contributed by atoms with Crippen LogP contribution >= 0.6 is 0 Å². The van der Waals surface area contributed by atoms with Gasteiger partial charge in [-0.3, -0.25) is 14.7 Å². The Hall–Kier alpha value is -1.26. The molecule has 2 rings (SSSR count). The Morgan fingerprint density at radius 1 is 1.67 bits per heavy atom. The Labute approximate surface area is 89.3 Å². The molecule has 0 spiro atoms. The number of rotatable bonds is 3. The number of hydrogen-bond acceptors (Lipinski definition) is 4. The number of hydrogen-bond donors (Lipinski definition) is 1. The Morgan fingerprint density at radius 3 is 3.33 bits per heavy atom. The van der Waals surface area contributed by atoms with Gasteiger partial charge in [0.15, 0.2) is 0 Å². The molecular formula is C11H14N3O. The Morgan fingerprint density at radius 2 is 2.60 bits per heavy atom.